The van der Waals surface area contributed by atoms with Crippen LogP contribution in [0.15, 0.2) is 23.2 Å². The van der Waals surface area contributed by atoms with Gasteiger partial charge in [-0.3, -0.25) is 4.90 Å². The Morgan fingerprint density at radius 2 is 2.11 bits per heavy atom. The van der Waals surface area contributed by atoms with Crippen LogP contribution in [-0.2, 0) is 11.3 Å². The SMILES string of the molecule is CCNC(=NCc1ccc(C)cc1OC1CCOC1)NCCN(CC)C1CC1. The van der Waals surface area contributed by atoms with E-state index in [4.69, 9.17) is 14.5 Å². The lowest BCUT2D eigenvalue weighted by Crippen LogP contribution is -2.42. The second kappa shape index (κ2) is 10.7. The zero-order valence-electron chi connectivity index (χ0n) is 17.7. The molecule has 1 saturated heterocycles. The van der Waals surface area contributed by atoms with Crippen LogP contribution in [0.1, 0.15) is 44.2 Å². The van der Waals surface area contributed by atoms with Gasteiger partial charge in [0, 0.05) is 37.7 Å². The third-order valence-electron chi connectivity index (χ3n) is 5.32. The van der Waals surface area contributed by atoms with Crippen LogP contribution < -0.4 is 15.4 Å². The summed E-state index contributed by atoms with van der Waals surface area (Å²) < 4.78 is 11.6. The molecule has 156 valence electrons. The molecule has 0 radical (unpaired) electrons. The lowest BCUT2D eigenvalue weighted by molar-refractivity contribution is 0.140. The maximum Gasteiger partial charge on any atom is 0.191 e. The average molecular weight is 389 g/mol. The predicted molar refractivity (Wildman–Crippen MR) is 114 cm³/mol. The smallest absolute Gasteiger partial charge is 0.191 e. The molecule has 1 saturated carbocycles. The molecule has 0 aromatic heterocycles. The van der Waals surface area contributed by atoms with Gasteiger partial charge >= 0.3 is 0 Å². The van der Waals surface area contributed by atoms with Gasteiger partial charge in [-0.15, -0.1) is 0 Å². The number of aryl methyl sites for hydroxylation is 1. The van der Waals surface area contributed by atoms with Crippen LogP contribution in [0.4, 0.5) is 0 Å². The molecular weight excluding hydrogens is 352 g/mol. The largest absolute Gasteiger partial charge is 0.488 e. The summed E-state index contributed by atoms with van der Waals surface area (Å²) in [6.45, 7) is 12.4. The van der Waals surface area contributed by atoms with E-state index in [1.807, 2.05) is 0 Å². The Morgan fingerprint density at radius 3 is 2.79 bits per heavy atom. The Labute approximate surface area is 169 Å². The number of rotatable bonds is 10. The number of hydrogen-bond donors (Lipinski definition) is 2. The van der Waals surface area contributed by atoms with Gasteiger partial charge in [-0.2, -0.15) is 0 Å². The molecule has 0 amide bonds. The molecule has 0 bridgehead atoms. The minimum absolute atomic E-state index is 0.151. The molecule has 1 unspecified atom stereocenters. The molecule has 2 fully saturated rings. The van der Waals surface area contributed by atoms with Crippen molar-refractivity contribution < 1.29 is 9.47 Å². The van der Waals surface area contributed by atoms with E-state index < -0.39 is 0 Å². The van der Waals surface area contributed by atoms with Gasteiger partial charge < -0.3 is 20.1 Å². The van der Waals surface area contributed by atoms with E-state index >= 15 is 0 Å². The van der Waals surface area contributed by atoms with Gasteiger partial charge in [-0.25, -0.2) is 4.99 Å². The van der Waals surface area contributed by atoms with E-state index in [0.29, 0.717) is 13.2 Å². The van der Waals surface area contributed by atoms with E-state index in [9.17, 15) is 0 Å². The summed E-state index contributed by atoms with van der Waals surface area (Å²) in [5.41, 5.74) is 2.31. The van der Waals surface area contributed by atoms with E-state index in [1.165, 1.54) is 18.4 Å². The van der Waals surface area contributed by atoms with E-state index in [0.717, 1.165) is 62.5 Å². The molecular formula is C22H36N4O2. The Morgan fingerprint density at radius 1 is 1.25 bits per heavy atom. The van der Waals surface area contributed by atoms with Crippen LogP contribution in [-0.4, -0.2) is 62.4 Å². The van der Waals surface area contributed by atoms with Crippen molar-refractivity contribution in [1.82, 2.24) is 15.5 Å². The molecule has 1 aliphatic heterocycles. The molecule has 1 atom stereocenters. The highest BCUT2D eigenvalue weighted by Crippen LogP contribution is 2.26. The monoisotopic (exact) mass is 388 g/mol. The highest BCUT2D eigenvalue weighted by Gasteiger charge is 2.27. The summed E-state index contributed by atoms with van der Waals surface area (Å²) in [5.74, 6) is 1.80. The summed E-state index contributed by atoms with van der Waals surface area (Å²) in [7, 11) is 0. The molecule has 1 aromatic rings. The lowest BCUT2D eigenvalue weighted by atomic mass is 10.1. The number of nitrogens with one attached hydrogen (secondary N) is 2. The van der Waals surface area contributed by atoms with Gasteiger partial charge in [-0.1, -0.05) is 19.1 Å². The fourth-order valence-electron chi connectivity index (χ4n) is 3.55. The van der Waals surface area contributed by atoms with Crippen molar-refractivity contribution in [2.45, 2.75) is 58.7 Å². The minimum Gasteiger partial charge on any atom is -0.488 e. The molecule has 6 heteroatoms. The molecule has 2 aliphatic rings. The third-order valence-corrected chi connectivity index (χ3v) is 5.32. The summed E-state index contributed by atoms with van der Waals surface area (Å²) in [6, 6.07) is 7.16. The van der Waals surface area contributed by atoms with Crippen molar-refractivity contribution in [1.29, 1.82) is 0 Å². The molecule has 28 heavy (non-hydrogen) atoms. The van der Waals surface area contributed by atoms with Gasteiger partial charge in [0.1, 0.15) is 11.9 Å². The Balaban J connectivity index is 1.58. The zero-order valence-corrected chi connectivity index (χ0v) is 17.7. The van der Waals surface area contributed by atoms with Crippen molar-refractivity contribution >= 4 is 5.96 Å². The standard InChI is InChI=1S/C22H36N4O2/c1-4-23-22(24-11-12-26(5-2)19-8-9-19)25-15-18-7-6-17(3)14-21(18)28-20-10-13-27-16-20/h6-7,14,19-20H,4-5,8-13,15-16H2,1-3H3,(H2,23,24,25). The maximum atomic E-state index is 6.20. The number of benzene rings is 1. The van der Waals surface area contributed by atoms with Crippen LogP contribution in [0, 0.1) is 6.92 Å². The van der Waals surface area contributed by atoms with Crippen LogP contribution in [0.5, 0.6) is 5.75 Å². The van der Waals surface area contributed by atoms with Gasteiger partial charge in [0.25, 0.3) is 0 Å². The second-order valence-electron chi connectivity index (χ2n) is 7.70. The van der Waals surface area contributed by atoms with Crippen LogP contribution in [0.2, 0.25) is 0 Å². The topological polar surface area (TPSA) is 58.1 Å². The van der Waals surface area contributed by atoms with Crippen molar-refractivity contribution in [3.05, 3.63) is 29.3 Å². The van der Waals surface area contributed by atoms with E-state index in [2.05, 4.69) is 54.5 Å². The molecule has 0 spiro atoms. The zero-order chi connectivity index (χ0) is 19.8. The Bertz CT molecular complexity index is 639. The molecule has 1 aliphatic carbocycles. The minimum atomic E-state index is 0.151. The number of hydrogen-bond acceptors (Lipinski definition) is 4. The summed E-state index contributed by atoms with van der Waals surface area (Å²) in [6.07, 6.45) is 3.81. The predicted octanol–water partition coefficient (Wildman–Crippen LogP) is 2.70. The van der Waals surface area contributed by atoms with Crippen LogP contribution in [0.25, 0.3) is 0 Å². The molecule has 3 rings (SSSR count). The van der Waals surface area contributed by atoms with Crippen molar-refractivity contribution in [3.8, 4) is 5.75 Å². The fourth-order valence-corrected chi connectivity index (χ4v) is 3.55. The first-order valence-corrected chi connectivity index (χ1v) is 10.8. The number of ether oxygens (including phenoxy) is 2. The summed E-state index contributed by atoms with van der Waals surface area (Å²) in [5, 5.41) is 6.83. The van der Waals surface area contributed by atoms with Crippen LogP contribution in [0.3, 0.4) is 0 Å². The normalized spacial score (nSPS) is 19.9. The number of guanidine groups is 1. The first-order chi connectivity index (χ1) is 13.7. The van der Waals surface area contributed by atoms with Crippen molar-refractivity contribution in [2.24, 2.45) is 4.99 Å². The van der Waals surface area contributed by atoms with E-state index in [-0.39, 0.29) is 6.10 Å². The molecule has 1 aromatic carbocycles. The van der Waals surface area contributed by atoms with E-state index in [1.54, 1.807) is 0 Å². The summed E-state index contributed by atoms with van der Waals surface area (Å²) >= 11 is 0. The number of nitrogens with zero attached hydrogens (tertiary/aromatic N) is 2. The molecule has 6 nitrogen and oxygen atoms in total. The Hall–Kier alpha value is -1.79. The third kappa shape index (κ3) is 6.38. The second-order valence-corrected chi connectivity index (χ2v) is 7.70. The van der Waals surface area contributed by atoms with Crippen molar-refractivity contribution in [2.75, 3.05) is 39.4 Å². The quantitative estimate of drug-likeness (QED) is 0.477. The van der Waals surface area contributed by atoms with Crippen LogP contribution >= 0.6 is 0 Å². The highest BCUT2D eigenvalue weighted by molar-refractivity contribution is 5.79. The van der Waals surface area contributed by atoms with Gasteiger partial charge in [0.05, 0.1) is 19.8 Å². The Kier molecular flexibility index (Phi) is 7.98. The highest BCUT2D eigenvalue weighted by atomic mass is 16.5. The number of aliphatic imine (C=N–C) groups is 1. The van der Waals surface area contributed by atoms with Crippen molar-refractivity contribution in [3.63, 3.8) is 0 Å². The molecule has 2 N–H and O–H groups in total. The molecule has 1 heterocycles. The average Bonchev–Trinajstić information content (AvgIpc) is 3.40. The number of likely N-dealkylation sites (N-methyl/N-ethyl adjacent to an activating group) is 1. The van der Waals surface area contributed by atoms with Gasteiger partial charge in [-0.05, 0) is 44.9 Å². The summed E-state index contributed by atoms with van der Waals surface area (Å²) in [4.78, 5) is 7.34. The first-order valence-electron chi connectivity index (χ1n) is 10.8. The van der Waals surface area contributed by atoms with Gasteiger partial charge in [0.2, 0.25) is 0 Å². The first kappa shape index (κ1) is 20.9. The fraction of sp³-hybridized carbons (Fsp3) is 0.682. The lowest BCUT2D eigenvalue weighted by Gasteiger charge is -2.21. The maximum absolute atomic E-state index is 6.20. The van der Waals surface area contributed by atoms with Gasteiger partial charge in [0.15, 0.2) is 5.96 Å².